The molecule has 0 aromatic carbocycles. The number of allylic oxidation sites excluding steroid dienone is 16. The molecule has 0 aliphatic rings. The zero-order chi connectivity index (χ0) is 47.0. The van der Waals surface area contributed by atoms with E-state index >= 15 is 0 Å². The molecule has 0 saturated heterocycles. The maximum atomic E-state index is 12.3. The van der Waals surface area contributed by atoms with E-state index in [-0.39, 0.29) is 25.2 Å². The Morgan fingerprint density at radius 2 is 0.662 bits per heavy atom. The fourth-order valence-electron chi connectivity index (χ4n) is 7.57. The standard InChI is InChI=1S/C60H102O5/c1-3-5-7-9-11-13-15-17-19-20-21-22-23-24-25-26-27-28-29-30-31-32-33-34-35-36-37-38-39-40-41-43-45-47-49-51-53-55-60(63)65-58(56-61)57-64-59(62)54-52-50-48-46-44-42-18-16-14-12-10-8-6-4-2/h5,7,11,13,17,19,21-22,24-25,27-28,30-31,33-34,58,61H,3-4,6,8-10,12,14-16,18,20,23,26,29,32,35-57H2,1-2H3/b7-5-,13-11-,19-17-,22-21-,25-24-,28-27-,31-30-,34-33-. The van der Waals surface area contributed by atoms with Crippen LogP contribution >= 0.6 is 0 Å². The lowest BCUT2D eigenvalue weighted by molar-refractivity contribution is -0.161. The van der Waals surface area contributed by atoms with Gasteiger partial charge in [-0.3, -0.25) is 9.59 Å². The van der Waals surface area contributed by atoms with E-state index in [9.17, 15) is 14.7 Å². The molecule has 0 spiro atoms. The number of carbonyl (C=O) groups is 2. The highest BCUT2D eigenvalue weighted by molar-refractivity contribution is 5.70. The zero-order valence-corrected chi connectivity index (χ0v) is 42.5. The van der Waals surface area contributed by atoms with Crippen molar-refractivity contribution in [3.63, 3.8) is 0 Å². The number of esters is 2. The van der Waals surface area contributed by atoms with Gasteiger partial charge in [0.2, 0.25) is 0 Å². The van der Waals surface area contributed by atoms with Crippen molar-refractivity contribution in [3.8, 4) is 0 Å². The molecule has 65 heavy (non-hydrogen) atoms. The highest BCUT2D eigenvalue weighted by Crippen LogP contribution is 2.16. The van der Waals surface area contributed by atoms with Crippen molar-refractivity contribution in [2.24, 2.45) is 0 Å². The summed E-state index contributed by atoms with van der Waals surface area (Å²) in [4.78, 5) is 24.4. The molecule has 5 heteroatoms. The lowest BCUT2D eigenvalue weighted by Gasteiger charge is -2.15. The second kappa shape index (κ2) is 55.1. The summed E-state index contributed by atoms with van der Waals surface area (Å²) in [5.74, 6) is -0.589. The largest absolute Gasteiger partial charge is 0.462 e. The predicted molar refractivity (Wildman–Crippen MR) is 283 cm³/mol. The average molecular weight is 903 g/mol. The Morgan fingerprint density at radius 3 is 1.00 bits per heavy atom. The molecular weight excluding hydrogens is 801 g/mol. The normalized spacial score (nSPS) is 13.0. The van der Waals surface area contributed by atoms with Gasteiger partial charge in [0.15, 0.2) is 6.10 Å². The molecule has 1 unspecified atom stereocenters. The van der Waals surface area contributed by atoms with Crippen molar-refractivity contribution in [2.45, 2.75) is 258 Å². The summed E-state index contributed by atoms with van der Waals surface area (Å²) >= 11 is 0. The second-order valence-electron chi connectivity index (χ2n) is 17.9. The van der Waals surface area contributed by atoms with Gasteiger partial charge in [-0.1, -0.05) is 259 Å². The van der Waals surface area contributed by atoms with Crippen LogP contribution in [0, 0.1) is 0 Å². The van der Waals surface area contributed by atoms with Crippen molar-refractivity contribution >= 4 is 11.9 Å². The van der Waals surface area contributed by atoms with E-state index in [0.717, 1.165) is 89.9 Å². The fourth-order valence-corrected chi connectivity index (χ4v) is 7.57. The van der Waals surface area contributed by atoms with Gasteiger partial charge in [0, 0.05) is 12.8 Å². The number of aliphatic hydroxyl groups is 1. The number of hydrogen-bond acceptors (Lipinski definition) is 5. The molecule has 1 atom stereocenters. The smallest absolute Gasteiger partial charge is 0.306 e. The third-order valence-corrected chi connectivity index (χ3v) is 11.6. The molecule has 0 aliphatic carbocycles. The Balaban J connectivity index is 3.53. The molecule has 0 aromatic rings. The van der Waals surface area contributed by atoms with Gasteiger partial charge in [0.1, 0.15) is 6.61 Å². The Kier molecular flexibility index (Phi) is 52.5. The van der Waals surface area contributed by atoms with Gasteiger partial charge in [-0.25, -0.2) is 0 Å². The summed E-state index contributed by atoms with van der Waals surface area (Å²) in [6, 6.07) is 0. The Hall–Kier alpha value is -3.18. The molecule has 0 amide bonds. The van der Waals surface area contributed by atoms with Crippen molar-refractivity contribution in [3.05, 3.63) is 97.2 Å². The topological polar surface area (TPSA) is 72.8 Å². The van der Waals surface area contributed by atoms with E-state index in [1.807, 2.05) is 0 Å². The first kappa shape index (κ1) is 61.8. The van der Waals surface area contributed by atoms with Crippen LogP contribution in [0.4, 0.5) is 0 Å². The Morgan fingerprint density at radius 1 is 0.369 bits per heavy atom. The number of unbranched alkanes of at least 4 members (excludes halogenated alkanes) is 25. The monoisotopic (exact) mass is 903 g/mol. The van der Waals surface area contributed by atoms with Crippen LogP contribution < -0.4 is 0 Å². The van der Waals surface area contributed by atoms with Crippen LogP contribution in [-0.4, -0.2) is 36.4 Å². The summed E-state index contributed by atoms with van der Waals surface area (Å²) in [5.41, 5.74) is 0. The maximum absolute atomic E-state index is 12.3. The summed E-state index contributed by atoms with van der Waals surface area (Å²) in [5, 5.41) is 9.62. The zero-order valence-electron chi connectivity index (χ0n) is 42.5. The van der Waals surface area contributed by atoms with E-state index in [1.165, 1.54) is 135 Å². The summed E-state index contributed by atoms with van der Waals surface area (Å²) in [6.07, 6.45) is 78.0. The molecular formula is C60H102O5. The summed E-state index contributed by atoms with van der Waals surface area (Å²) in [7, 11) is 0. The van der Waals surface area contributed by atoms with Crippen LogP contribution in [0.15, 0.2) is 97.2 Å². The first-order valence-corrected chi connectivity index (χ1v) is 27.3. The first-order valence-electron chi connectivity index (χ1n) is 27.3. The quantitative estimate of drug-likeness (QED) is 0.0374. The van der Waals surface area contributed by atoms with E-state index in [4.69, 9.17) is 9.47 Å². The molecule has 0 bridgehead atoms. The number of carbonyl (C=O) groups excluding carboxylic acids is 2. The van der Waals surface area contributed by atoms with E-state index < -0.39 is 6.10 Å². The first-order chi connectivity index (χ1) is 32.1. The number of rotatable bonds is 49. The predicted octanol–water partition coefficient (Wildman–Crippen LogP) is 18.4. The Labute approximate surface area is 402 Å². The van der Waals surface area contributed by atoms with Crippen LogP contribution in [0.2, 0.25) is 0 Å². The minimum atomic E-state index is -0.775. The van der Waals surface area contributed by atoms with Gasteiger partial charge in [0.25, 0.3) is 0 Å². The molecule has 1 N–H and O–H groups in total. The van der Waals surface area contributed by atoms with Crippen molar-refractivity contribution in [2.75, 3.05) is 13.2 Å². The number of ether oxygens (including phenoxy) is 2. The minimum Gasteiger partial charge on any atom is -0.462 e. The third kappa shape index (κ3) is 53.3. The second-order valence-corrected chi connectivity index (χ2v) is 17.9. The van der Waals surface area contributed by atoms with E-state index in [1.54, 1.807) is 0 Å². The minimum absolute atomic E-state index is 0.0667. The van der Waals surface area contributed by atoms with Crippen molar-refractivity contribution in [1.82, 2.24) is 0 Å². The summed E-state index contributed by atoms with van der Waals surface area (Å²) < 4.78 is 10.7. The van der Waals surface area contributed by atoms with Crippen molar-refractivity contribution < 1.29 is 24.2 Å². The molecule has 5 nitrogen and oxygen atoms in total. The molecule has 0 heterocycles. The molecule has 0 aromatic heterocycles. The SMILES string of the molecule is CC/C=C\C/C=C\C/C=C\C/C=C\C/C=C\C/C=C\C/C=C\C/C=C\CCCCCCCCCCCCCCC(=O)OC(CO)COC(=O)CCCCCCCCCCCCCCCC. The van der Waals surface area contributed by atoms with Gasteiger partial charge in [0.05, 0.1) is 6.61 Å². The molecule has 0 saturated carbocycles. The highest BCUT2D eigenvalue weighted by Gasteiger charge is 2.16. The third-order valence-electron chi connectivity index (χ3n) is 11.6. The lowest BCUT2D eigenvalue weighted by atomic mass is 10.0. The number of aliphatic hydroxyl groups excluding tert-OH is 1. The highest BCUT2D eigenvalue weighted by atomic mass is 16.6. The molecule has 0 fully saturated rings. The fraction of sp³-hybridized carbons (Fsp3) is 0.700. The van der Waals surface area contributed by atoms with Crippen LogP contribution in [0.1, 0.15) is 251 Å². The average Bonchev–Trinajstić information content (AvgIpc) is 3.31. The van der Waals surface area contributed by atoms with E-state index in [0.29, 0.717) is 12.8 Å². The van der Waals surface area contributed by atoms with Crippen LogP contribution in [-0.2, 0) is 19.1 Å². The van der Waals surface area contributed by atoms with Crippen LogP contribution in [0.5, 0.6) is 0 Å². The van der Waals surface area contributed by atoms with Gasteiger partial charge in [-0.15, -0.1) is 0 Å². The Bertz CT molecular complexity index is 1250. The van der Waals surface area contributed by atoms with Crippen molar-refractivity contribution in [1.29, 1.82) is 0 Å². The van der Waals surface area contributed by atoms with E-state index in [2.05, 4.69) is 111 Å². The van der Waals surface area contributed by atoms with Gasteiger partial charge >= 0.3 is 11.9 Å². The van der Waals surface area contributed by atoms with Gasteiger partial charge in [-0.05, 0) is 77.0 Å². The maximum Gasteiger partial charge on any atom is 0.306 e. The molecule has 0 radical (unpaired) electrons. The molecule has 0 aliphatic heterocycles. The summed E-state index contributed by atoms with van der Waals surface area (Å²) in [6.45, 7) is 4.03. The number of hydrogen-bond donors (Lipinski definition) is 1. The van der Waals surface area contributed by atoms with Crippen LogP contribution in [0.25, 0.3) is 0 Å². The lowest BCUT2D eigenvalue weighted by Crippen LogP contribution is -2.28. The van der Waals surface area contributed by atoms with Crippen LogP contribution in [0.3, 0.4) is 0 Å². The molecule has 0 rings (SSSR count). The van der Waals surface area contributed by atoms with Gasteiger partial charge in [-0.2, -0.15) is 0 Å². The molecule has 372 valence electrons. The van der Waals surface area contributed by atoms with Gasteiger partial charge < -0.3 is 14.6 Å².